The van der Waals surface area contributed by atoms with E-state index in [1.54, 1.807) is 36.4 Å². The van der Waals surface area contributed by atoms with Crippen LogP contribution in [-0.4, -0.2) is 11.5 Å². The first-order valence-electron chi connectivity index (χ1n) is 9.78. The molecule has 0 bridgehead atoms. The van der Waals surface area contributed by atoms with Gasteiger partial charge in [0.2, 0.25) is 0 Å². The summed E-state index contributed by atoms with van der Waals surface area (Å²) >= 11 is 0. The van der Waals surface area contributed by atoms with Crippen LogP contribution in [0.25, 0.3) is 0 Å². The lowest BCUT2D eigenvalue weighted by molar-refractivity contribution is 0.102. The molecule has 0 aliphatic carbocycles. The Kier molecular flexibility index (Phi) is 5.16. The van der Waals surface area contributed by atoms with Crippen molar-refractivity contribution in [3.05, 3.63) is 89.0 Å². The zero-order valence-electron chi connectivity index (χ0n) is 16.9. The number of nitriles is 1. The Bertz CT molecular complexity index is 1130. The van der Waals surface area contributed by atoms with Gasteiger partial charge in [0.15, 0.2) is 11.5 Å². The second kappa shape index (κ2) is 7.92. The van der Waals surface area contributed by atoms with E-state index >= 15 is 0 Å². The normalized spacial score (nSPS) is 13.6. The van der Waals surface area contributed by atoms with Gasteiger partial charge in [0.05, 0.1) is 11.3 Å². The summed E-state index contributed by atoms with van der Waals surface area (Å²) in [5.74, 6) is 1.28. The van der Waals surface area contributed by atoms with Crippen molar-refractivity contribution < 1.29 is 14.3 Å². The van der Waals surface area contributed by atoms with Gasteiger partial charge in [0, 0.05) is 17.5 Å². The first-order valence-corrected chi connectivity index (χ1v) is 9.78. The van der Waals surface area contributed by atoms with Gasteiger partial charge < -0.3 is 14.8 Å². The van der Waals surface area contributed by atoms with Crippen molar-refractivity contribution in [3.63, 3.8) is 0 Å². The fourth-order valence-electron chi connectivity index (χ4n) is 3.50. The second-order valence-corrected chi connectivity index (χ2v) is 7.88. The van der Waals surface area contributed by atoms with Crippen LogP contribution in [0.3, 0.4) is 0 Å². The first kappa shape index (κ1) is 19.5. The maximum atomic E-state index is 12.5. The van der Waals surface area contributed by atoms with Crippen LogP contribution in [-0.2, 0) is 13.0 Å². The summed E-state index contributed by atoms with van der Waals surface area (Å²) in [6.45, 7) is 4.50. The third-order valence-corrected chi connectivity index (χ3v) is 4.96. The Hall–Kier alpha value is -3.78. The van der Waals surface area contributed by atoms with Crippen molar-refractivity contribution in [1.29, 1.82) is 5.26 Å². The Labute approximate surface area is 175 Å². The molecule has 0 saturated carbocycles. The summed E-state index contributed by atoms with van der Waals surface area (Å²) in [7, 11) is 0. The van der Waals surface area contributed by atoms with Crippen LogP contribution in [0, 0.1) is 11.3 Å². The minimum absolute atomic E-state index is 0.221. The minimum atomic E-state index is -0.262. The quantitative estimate of drug-likeness (QED) is 0.649. The molecule has 0 saturated heterocycles. The average Bonchev–Trinajstić information content (AvgIpc) is 3.07. The van der Waals surface area contributed by atoms with Crippen molar-refractivity contribution >= 4 is 11.6 Å². The first-order chi connectivity index (χ1) is 14.4. The highest BCUT2D eigenvalue weighted by molar-refractivity contribution is 6.04. The van der Waals surface area contributed by atoms with Gasteiger partial charge in [-0.05, 0) is 49.7 Å². The summed E-state index contributed by atoms with van der Waals surface area (Å²) < 4.78 is 12.0. The molecule has 0 spiro atoms. The van der Waals surface area contributed by atoms with Crippen molar-refractivity contribution in [1.82, 2.24) is 0 Å². The number of carbonyl (C=O) groups is 1. The van der Waals surface area contributed by atoms with Gasteiger partial charge in [0.25, 0.3) is 5.91 Å². The molecule has 150 valence electrons. The lowest BCUT2D eigenvalue weighted by atomic mass is 10.0. The number of hydrogen-bond acceptors (Lipinski definition) is 4. The molecule has 5 heteroatoms. The van der Waals surface area contributed by atoms with Crippen molar-refractivity contribution in [2.45, 2.75) is 32.5 Å². The summed E-state index contributed by atoms with van der Waals surface area (Å²) in [5.41, 5.74) is 3.31. The Morgan fingerprint density at radius 1 is 1.10 bits per heavy atom. The number of amides is 1. The van der Waals surface area contributed by atoms with Crippen molar-refractivity contribution in [2.75, 3.05) is 5.32 Å². The molecule has 0 atom stereocenters. The fourth-order valence-corrected chi connectivity index (χ4v) is 3.50. The molecule has 1 aliphatic heterocycles. The van der Waals surface area contributed by atoms with Crippen LogP contribution in [0.1, 0.15) is 40.9 Å². The molecular weight excluding hydrogens is 376 g/mol. The Balaban J connectivity index is 1.41. The topological polar surface area (TPSA) is 71.3 Å². The molecule has 1 heterocycles. The molecule has 1 N–H and O–H groups in total. The highest BCUT2D eigenvalue weighted by Crippen LogP contribution is 2.41. The van der Waals surface area contributed by atoms with Gasteiger partial charge in [-0.25, -0.2) is 0 Å². The number of anilines is 1. The van der Waals surface area contributed by atoms with Gasteiger partial charge >= 0.3 is 0 Å². The van der Waals surface area contributed by atoms with Gasteiger partial charge in [-0.1, -0.05) is 36.4 Å². The van der Waals surface area contributed by atoms with E-state index in [9.17, 15) is 4.79 Å². The summed E-state index contributed by atoms with van der Waals surface area (Å²) in [4.78, 5) is 12.5. The smallest absolute Gasteiger partial charge is 0.255 e. The van der Waals surface area contributed by atoms with Crippen LogP contribution >= 0.6 is 0 Å². The number of nitrogens with zero attached hydrogens (tertiary/aromatic N) is 1. The molecule has 1 amide bonds. The highest BCUT2D eigenvalue weighted by Gasteiger charge is 2.32. The maximum absolute atomic E-state index is 12.5. The Morgan fingerprint density at radius 2 is 1.87 bits per heavy atom. The molecule has 0 radical (unpaired) electrons. The van der Waals surface area contributed by atoms with Gasteiger partial charge in [-0.2, -0.15) is 5.26 Å². The molecule has 5 nitrogen and oxygen atoms in total. The third kappa shape index (κ3) is 4.13. The van der Waals surface area contributed by atoms with E-state index in [2.05, 4.69) is 31.3 Å². The monoisotopic (exact) mass is 398 g/mol. The SMILES string of the molecule is CC1(C)Cc2cccc(OCc3ccc(C(=O)Nc4ccccc4C#N)cc3)c2O1. The number of benzene rings is 3. The average molecular weight is 398 g/mol. The predicted octanol–water partition coefficient (Wildman–Crippen LogP) is 5.10. The number of fused-ring (bicyclic) bond motifs is 1. The largest absolute Gasteiger partial charge is 0.485 e. The zero-order valence-corrected chi connectivity index (χ0v) is 16.9. The van der Waals surface area contributed by atoms with E-state index < -0.39 is 0 Å². The van der Waals surface area contributed by atoms with Crippen LogP contribution in [0.4, 0.5) is 5.69 Å². The molecule has 4 rings (SSSR count). The standard InChI is InChI=1S/C25H22N2O3/c1-25(2)14-19-7-5-9-22(23(19)30-25)29-16-17-10-12-18(13-11-17)24(28)27-21-8-4-3-6-20(21)15-26/h3-13H,14,16H2,1-2H3,(H,27,28). The van der Waals surface area contributed by atoms with Crippen LogP contribution in [0.2, 0.25) is 0 Å². The van der Waals surface area contributed by atoms with Crippen LogP contribution in [0.5, 0.6) is 11.5 Å². The van der Waals surface area contributed by atoms with Crippen molar-refractivity contribution in [3.8, 4) is 17.6 Å². The predicted molar refractivity (Wildman–Crippen MR) is 115 cm³/mol. The highest BCUT2D eigenvalue weighted by atomic mass is 16.5. The van der Waals surface area contributed by atoms with E-state index in [1.807, 2.05) is 24.3 Å². The van der Waals surface area contributed by atoms with E-state index in [0.29, 0.717) is 23.4 Å². The molecule has 3 aromatic carbocycles. The number of rotatable bonds is 5. The number of nitrogens with one attached hydrogen (secondary N) is 1. The Morgan fingerprint density at radius 3 is 2.63 bits per heavy atom. The van der Waals surface area contributed by atoms with Gasteiger partial charge in [-0.15, -0.1) is 0 Å². The molecule has 0 fully saturated rings. The number of para-hydroxylation sites is 2. The molecular formula is C25H22N2O3. The summed E-state index contributed by atoms with van der Waals surface area (Å²) in [5, 5.41) is 11.9. The van der Waals surface area contributed by atoms with E-state index in [-0.39, 0.29) is 11.5 Å². The number of ether oxygens (including phenoxy) is 2. The van der Waals surface area contributed by atoms with E-state index in [4.69, 9.17) is 14.7 Å². The van der Waals surface area contributed by atoms with Gasteiger partial charge in [-0.3, -0.25) is 4.79 Å². The lowest BCUT2D eigenvalue weighted by Crippen LogP contribution is -2.24. The second-order valence-electron chi connectivity index (χ2n) is 7.88. The van der Waals surface area contributed by atoms with E-state index in [1.165, 1.54) is 0 Å². The van der Waals surface area contributed by atoms with Gasteiger partial charge in [0.1, 0.15) is 18.3 Å². The lowest BCUT2D eigenvalue weighted by Gasteiger charge is -2.18. The molecule has 1 aliphatic rings. The molecule has 30 heavy (non-hydrogen) atoms. The summed E-state index contributed by atoms with van der Waals surface area (Å²) in [6.07, 6.45) is 0.859. The number of hydrogen-bond donors (Lipinski definition) is 1. The fraction of sp³-hybridized carbons (Fsp3) is 0.200. The number of carbonyl (C=O) groups excluding carboxylic acids is 1. The van der Waals surface area contributed by atoms with Crippen LogP contribution in [0.15, 0.2) is 66.7 Å². The molecule has 0 aromatic heterocycles. The van der Waals surface area contributed by atoms with E-state index in [0.717, 1.165) is 29.0 Å². The minimum Gasteiger partial charge on any atom is -0.485 e. The molecule has 0 unspecified atom stereocenters. The molecule has 3 aromatic rings. The third-order valence-electron chi connectivity index (χ3n) is 4.96. The zero-order chi connectivity index (χ0) is 21.1. The van der Waals surface area contributed by atoms with Crippen LogP contribution < -0.4 is 14.8 Å². The van der Waals surface area contributed by atoms with Crippen molar-refractivity contribution in [2.24, 2.45) is 0 Å². The maximum Gasteiger partial charge on any atom is 0.255 e. The summed E-state index contributed by atoms with van der Waals surface area (Å²) in [6, 6.07) is 22.2.